The van der Waals surface area contributed by atoms with Crippen molar-refractivity contribution < 1.29 is 19.8 Å². The molecular weight excluding hydrogens is 352 g/mol. The normalized spacial score (nSPS) is 49.1. The van der Waals surface area contributed by atoms with E-state index >= 15 is 0 Å². The van der Waals surface area contributed by atoms with Crippen molar-refractivity contribution in [2.75, 3.05) is 0 Å². The van der Waals surface area contributed by atoms with E-state index in [0.29, 0.717) is 48.2 Å². The van der Waals surface area contributed by atoms with Crippen LogP contribution < -0.4 is 0 Å². The summed E-state index contributed by atoms with van der Waals surface area (Å²) in [5.74, 6) is 2.73. The van der Waals surface area contributed by atoms with Crippen molar-refractivity contribution in [2.24, 2.45) is 46.3 Å². The van der Waals surface area contributed by atoms with Crippen molar-refractivity contribution >= 4 is 11.8 Å². The Kier molecular flexibility index (Phi) is 5.17. The van der Waals surface area contributed by atoms with E-state index in [1.807, 2.05) is 0 Å². The molecule has 4 rings (SSSR count). The molecule has 4 aliphatic carbocycles. The quantitative estimate of drug-likeness (QED) is 0.730. The average Bonchev–Trinajstić information content (AvgIpc) is 2.99. The van der Waals surface area contributed by atoms with Crippen molar-refractivity contribution in [2.45, 2.75) is 91.1 Å². The minimum absolute atomic E-state index is 0.116. The fraction of sp³-hybridized carbons (Fsp3) is 0.917. The van der Waals surface area contributed by atoms with Gasteiger partial charge in [0.2, 0.25) is 0 Å². The van der Waals surface area contributed by atoms with Gasteiger partial charge in [0, 0.05) is 19.3 Å². The Morgan fingerprint density at radius 3 is 2.54 bits per heavy atom. The summed E-state index contributed by atoms with van der Waals surface area (Å²) in [6, 6.07) is 0. The number of aliphatic hydroxyl groups excluding tert-OH is 1. The number of carboxylic acids is 1. The van der Waals surface area contributed by atoms with Gasteiger partial charge in [0.15, 0.2) is 0 Å². The summed E-state index contributed by atoms with van der Waals surface area (Å²) < 4.78 is 0. The fourth-order valence-electron chi connectivity index (χ4n) is 8.62. The van der Waals surface area contributed by atoms with Gasteiger partial charge in [-0.3, -0.25) is 9.59 Å². The van der Waals surface area contributed by atoms with Crippen LogP contribution in [0.25, 0.3) is 0 Å². The van der Waals surface area contributed by atoms with Crippen LogP contribution in [0.4, 0.5) is 0 Å². The minimum atomic E-state index is -0.684. The van der Waals surface area contributed by atoms with Crippen LogP contribution in [0.15, 0.2) is 0 Å². The molecule has 0 radical (unpaired) electrons. The van der Waals surface area contributed by atoms with E-state index in [1.165, 1.54) is 25.7 Å². The standard InChI is InChI=1S/C24H38O4/c1-14(4-7-22(27)28)17-5-6-18-16-13-21(26)20-12-15(25)8-10-24(20,3)19(16)9-11-23(17,18)2/h14,16-21,26H,4-13H2,1-3H3,(H,27,28)/t14-,16+,17-,18+,19+,20?,21?,23-,24-/m1/s1. The molecule has 9 atom stereocenters. The third-order valence-corrected chi connectivity index (χ3v) is 10.1. The number of ketones is 1. The summed E-state index contributed by atoms with van der Waals surface area (Å²) in [6.07, 6.45) is 8.70. The molecule has 4 heteroatoms. The largest absolute Gasteiger partial charge is 0.481 e. The first-order chi connectivity index (χ1) is 13.2. The lowest BCUT2D eigenvalue weighted by Gasteiger charge is -2.61. The molecule has 0 amide bonds. The highest BCUT2D eigenvalue weighted by atomic mass is 16.4. The van der Waals surface area contributed by atoms with Crippen molar-refractivity contribution in [3.8, 4) is 0 Å². The highest BCUT2D eigenvalue weighted by Crippen LogP contribution is 2.68. The highest BCUT2D eigenvalue weighted by Gasteiger charge is 2.62. The molecule has 4 nitrogen and oxygen atoms in total. The van der Waals surface area contributed by atoms with Crippen LogP contribution in [-0.4, -0.2) is 28.1 Å². The molecule has 4 aliphatic rings. The number of rotatable bonds is 4. The molecule has 4 fully saturated rings. The maximum absolute atomic E-state index is 12.1. The Bertz CT molecular complexity index is 645. The van der Waals surface area contributed by atoms with Gasteiger partial charge in [-0.15, -0.1) is 0 Å². The van der Waals surface area contributed by atoms with Crippen LogP contribution in [0.3, 0.4) is 0 Å². The predicted octanol–water partition coefficient (Wildman–Crippen LogP) is 4.69. The molecule has 0 spiro atoms. The number of carbonyl (C=O) groups is 2. The Hall–Kier alpha value is -0.900. The van der Waals surface area contributed by atoms with Crippen molar-refractivity contribution in [1.82, 2.24) is 0 Å². The molecule has 0 aromatic rings. The topological polar surface area (TPSA) is 74.6 Å². The molecule has 0 aromatic carbocycles. The number of hydrogen-bond donors (Lipinski definition) is 2. The van der Waals surface area contributed by atoms with Gasteiger partial charge in [-0.1, -0.05) is 20.8 Å². The SMILES string of the molecule is C[C@H](CCC(=O)O)[C@H]1CC[C@H]2[C@@H]3CC(O)C4CC(=O)CC[C@]4(C)[C@H]3CC[C@]12C. The maximum Gasteiger partial charge on any atom is 0.303 e. The van der Waals surface area contributed by atoms with Gasteiger partial charge >= 0.3 is 5.97 Å². The number of carbonyl (C=O) groups excluding carboxylic acids is 1. The Morgan fingerprint density at radius 1 is 1.11 bits per heavy atom. The first kappa shape index (κ1) is 20.4. The molecule has 0 heterocycles. The molecule has 28 heavy (non-hydrogen) atoms. The monoisotopic (exact) mass is 390 g/mol. The number of hydrogen-bond acceptors (Lipinski definition) is 3. The Labute approximate surface area is 169 Å². The van der Waals surface area contributed by atoms with Crippen molar-refractivity contribution in [1.29, 1.82) is 0 Å². The summed E-state index contributed by atoms with van der Waals surface area (Å²) in [5, 5.41) is 20.1. The highest BCUT2D eigenvalue weighted by molar-refractivity contribution is 5.79. The average molecular weight is 391 g/mol. The molecule has 158 valence electrons. The van der Waals surface area contributed by atoms with Crippen LogP contribution in [0.5, 0.6) is 0 Å². The second kappa shape index (κ2) is 7.11. The van der Waals surface area contributed by atoms with Crippen molar-refractivity contribution in [3.63, 3.8) is 0 Å². The van der Waals surface area contributed by atoms with Gasteiger partial charge in [0.1, 0.15) is 5.78 Å². The van der Waals surface area contributed by atoms with Crippen LogP contribution >= 0.6 is 0 Å². The molecule has 0 aromatic heterocycles. The predicted molar refractivity (Wildman–Crippen MR) is 108 cm³/mol. The zero-order chi connectivity index (χ0) is 20.3. The third-order valence-electron chi connectivity index (χ3n) is 10.1. The van der Waals surface area contributed by atoms with Gasteiger partial charge < -0.3 is 10.2 Å². The molecule has 0 bridgehead atoms. The van der Waals surface area contributed by atoms with Crippen molar-refractivity contribution in [3.05, 3.63) is 0 Å². The summed E-state index contributed by atoms with van der Waals surface area (Å²) in [5.41, 5.74) is 0.400. The first-order valence-corrected chi connectivity index (χ1v) is 11.6. The molecular formula is C24H38O4. The van der Waals surface area contributed by atoms with Gasteiger partial charge in [-0.2, -0.15) is 0 Å². The van der Waals surface area contributed by atoms with Gasteiger partial charge in [-0.05, 0) is 91.3 Å². The van der Waals surface area contributed by atoms with Crippen LogP contribution in [0.1, 0.15) is 85.0 Å². The van der Waals surface area contributed by atoms with Gasteiger partial charge in [0.05, 0.1) is 6.10 Å². The second-order valence-corrected chi connectivity index (χ2v) is 11.2. The summed E-state index contributed by atoms with van der Waals surface area (Å²) >= 11 is 0. The lowest BCUT2D eigenvalue weighted by atomic mass is 9.44. The molecule has 0 aliphatic heterocycles. The third kappa shape index (κ3) is 3.05. The Morgan fingerprint density at radius 2 is 1.82 bits per heavy atom. The van der Waals surface area contributed by atoms with E-state index < -0.39 is 5.97 Å². The molecule has 2 N–H and O–H groups in total. The lowest BCUT2D eigenvalue weighted by Crippen LogP contribution is -2.58. The number of fused-ring (bicyclic) bond motifs is 5. The van der Waals surface area contributed by atoms with Crippen LogP contribution in [0, 0.1) is 46.3 Å². The lowest BCUT2D eigenvalue weighted by molar-refractivity contribution is -0.166. The van der Waals surface area contributed by atoms with E-state index in [9.17, 15) is 14.7 Å². The summed E-state index contributed by atoms with van der Waals surface area (Å²) in [6.45, 7) is 7.09. The minimum Gasteiger partial charge on any atom is -0.481 e. The molecule has 0 saturated heterocycles. The van der Waals surface area contributed by atoms with Gasteiger partial charge in [0.25, 0.3) is 0 Å². The number of carboxylic acid groups (broad SMARTS) is 1. The van der Waals surface area contributed by atoms with E-state index in [0.717, 1.165) is 19.3 Å². The fourth-order valence-corrected chi connectivity index (χ4v) is 8.62. The van der Waals surface area contributed by atoms with Crippen LogP contribution in [-0.2, 0) is 9.59 Å². The molecule has 2 unspecified atom stereocenters. The van der Waals surface area contributed by atoms with E-state index in [2.05, 4.69) is 20.8 Å². The zero-order valence-corrected chi connectivity index (χ0v) is 17.8. The number of aliphatic carboxylic acids is 1. The first-order valence-electron chi connectivity index (χ1n) is 11.6. The van der Waals surface area contributed by atoms with E-state index in [-0.39, 0.29) is 29.3 Å². The van der Waals surface area contributed by atoms with E-state index in [1.54, 1.807) is 0 Å². The smallest absolute Gasteiger partial charge is 0.303 e. The maximum atomic E-state index is 12.1. The second-order valence-electron chi connectivity index (χ2n) is 11.2. The number of aliphatic hydroxyl groups is 1. The summed E-state index contributed by atoms with van der Waals surface area (Å²) in [7, 11) is 0. The molecule has 4 saturated carbocycles. The zero-order valence-electron chi connectivity index (χ0n) is 17.8. The number of Topliss-reactive ketones (excluding diaryl/α,β-unsaturated/α-hetero) is 1. The summed E-state index contributed by atoms with van der Waals surface area (Å²) in [4.78, 5) is 23.1. The van der Waals surface area contributed by atoms with Crippen LogP contribution in [0.2, 0.25) is 0 Å². The Balaban J connectivity index is 1.55. The van der Waals surface area contributed by atoms with Gasteiger partial charge in [-0.25, -0.2) is 0 Å². The van der Waals surface area contributed by atoms with E-state index in [4.69, 9.17) is 5.11 Å².